The summed E-state index contributed by atoms with van der Waals surface area (Å²) in [6.07, 6.45) is 0. The van der Waals surface area contributed by atoms with Gasteiger partial charge in [-0.25, -0.2) is 4.98 Å². The molecule has 0 aliphatic carbocycles. The summed E-state index contributed by atoms with van der Waals surface area (Å²) >= 11 is 7.38. The molecule has 2 heterocycles. The van der Waals surface area contributed by atoms with Crippen molar-refractivity contribution in [1.29, 1.82) is 0 Å². The largest absolute Gasteiger partial charge is 0.342 e. The van der Waals surface area contributed by atoms with Crippen molar-refractivity contribution in [3.05, 3.63) is 15.0 Å². The van der Waals surface area contributed by atoms with Crippen LogP contribution in [-0.2, 0) is 15.3 Å². The van der Waals surface area contributed by atoms with E-state index in [1.807, 2.05) is 13.8 Å². The molecule has 0 radical (unpaired) electrons. The summed E-state index contributed by atoms with van der Waals surface area (Å²) in [5.74, 6) is -0.678. The number of aryl methyl sites for hydroxylation is 1. The van der Waals surface area contributed by atoms with E-state index in [1.165, 1.54) is 11.3 Å². The predicted octanol–water partition coefficient (Wildman–Crippen LogP) is 2.32. The maximum absolute atomic E-state index is 5.86. The fourth-order valence-corrected chi connectivity index (χ4v) is 2.32. The van der Waals surface area contributed by atoms with Gasteiger partial charge in [-0.2, -0.15) is 0 Å². The van der Waals surface area contributed by atoms with Gasteiger partial charge in [0.2, 0.25) is 5.79 Å². The molecule has 0 unspecified atom stereocenters. The highest BCUT2D eigenvalue weighted by molar-refractivity contribution is 7.12. The van der Waals surface area contributed by atoms with E-state index in [1.54, 1.807) is 0 Å². The third-order valence-electron chi connectivity index (χ3n) is 1.97. The molecular formula is C8H10ClNO2S. The molecule has 1 saturated heterocycles. The number of nitrogens with zero attached hydrogens (tertiary/aromatic N) is 1. The Bertz CT molecular complexity index is 300. The molecule has 72 valence electrons. The van der Waals surface area contributed by atoms with Gasteiger partial charge in [0.25, 0.3) is 0 Å². The van der Waals surface area contributed by atoms with Crippen LogP contribution in [0.25, 0.3) is 0 Å². The van der Waals surface area contributed by atoms with Gasteiger partial charge in [0.15, 0.2) is 5.01 Å². The molecule has 0 spiro atoms. The van der Waals surface area contributed by atoms with E-state index in [2.05, 4.69) is 4.98 Å². The van der Waals surface area contributed by atoms with Crippen molar-refractivity contribution in [2.24, 2.45) is 0 Å². The second kappa shape index (κ2) is 3.20. The van der Waals surface area contributed by atoms with Gasteiger partial charge in [-0.3, -0.25) is 0 Å². The number of hydrogen-bond acceptors (Lipinski definition) is 4. The molecule has 0 aromatic carbocycles. The monoisotopic (exact) mass is 219 g/mol. The number of halogens is 1. The quantitative estimate of drug-likeness (QED) is 0.727. The number of rotatable bonds is 1. The summed E-state index contributed by atoms with van der Waals surface area (Å²) in [7, 11) is 0. The molecule has 3 nitrogen and oxygen atoms in total. The summed E-state index contributed by atoms with van der Waals surface area (Å²) in [5.41, 5.74) is 0. The van der Waals surface area contributed by atoms with Gasteiger partial charge in [-0.1, -0.05) is 11.6 Å². The van der Waals surface area contributed by atoms with E-state index in [4.69, 9.17) is 21.1 Å². The molecule has 0 atom stereocenters. The third-order valence-corrected chi connectivity index (χ3v) is 3.60. The first-order chi connectivity index (χ1) is 6.12. The highest BCUT2D eigenvalue weighted by Crippen LogP contribution is 2.35. The Morgan fingerprint density at radius 3 is 2.54 bits per heavy atom. The zero-order valence-electron chi connectivity index (χ0n) is 7.46. The average Bonchev–Trinajstić information content (AvgIpc) is 2.62. The highest BCUT2D eigenvalue weighted by Gasteiger charge is 2.36. The summed E-state index contributed by atoms with van der Waals surface area (Å²) in [5, 5.41) is 1.34. The number of ether oxygens (including phenoxy) is 2. The van der Waals surface area contributed by atoms with E-state index in [9.17, 15) is 0 Å². The van der Waals surface area contributed by atoms with Crippen molar-refractivity contribution < 1.29 is 9.47 Å². The van der Waals surface area contributed by atoms with Crippen LogP contribution in [0.4, 0.5) is 0 Å². The van der Waals surface area contributed by atoms with Crippen LogP contribution >= 0.6 is 22.9 Å². The Hall–Kier alpha value is -0.160. The van der Waals surface area contributed by atoms with Crippen LogP contribution in [0.15, 0.2) is 0 Å². The van der Waals surface area contributed by atoms with Gasteiger partial charge >= 0.3 is 0 Å². The predicted molar refractivity (Wildman–Crippen MR) is 51.1 cm³/mol. The zero-order valence-corrected chi connectivity index (χ0v) is 9.04. The van der Waals surface area contributed by atoms with Crippen LogP contribution in [0.5, 0.6) is 0 Å². The summed E-state index contributed by atoms with van der Waals surface area (Å²) in [6, 6.07) is 0. The van der Waals surface area contributed by atoms with Crippen molar-refractivity contribution in [3.63, 3.8) is 0 Å². The van der Waals surface area contributed by atoms with E-state index < -0.39 is 5.79 Å². The zero-order chi connectivity index (χ0) is 9.47. The Morgan fingerprint density at radius 2 is 2.08 bits per heavy atom. The van der Waals surface area contributed by atoms with Crippen LogP contribution in [0.3, 0.4) is 0 Å². The summed E-state index contributed by atoms with van der Waals surface area (Å²) < 4.78 is 10.9. The van der Waals surface area contributed by atoms with E-state index in [0.717, 1.165) is 9.88 Å². The van der Waals surface area contributed by atoms with Gasteiger partial charge in [-0.05, 0) is 13.8 Å². The fourth-order valence-electron chi connectivity index (χ4n) is 1.21. The molecule has 0 saturated carbocycles. The van der Waals surface area contributed by atoms with Gasteiger partial charge in [-0.15, -0.1) is 11.3 Å². The minimum absolute atomic E-state index is 0.542. The third kappa shape index (κ3) is 1.59. The molecule has 1 fully saturated rings. The second-order valence-electron chi connectivity index (χ2n) is 3.01. The van der Waals surface area contributed by atoms with E-state index >= 15 is 0 Å². The molecule has 2 rings (SSSR count). The van der Waals surface area contributed by atoms with E-state index in [-0.39, 0.29) is 0 Å². The standard InChI is InChI=1S/C8H10ClNO2S/c1-5-6(9)10-7(13-5)8(2)11-3-4-12-8/h3-4H2,1-2H3. The van der Waals surface area contributed by atoms with Gasteiger partial charge in [0.05, 0.1) is 13.2 Å². The highest BCUT2D eigenvalue weighted by atomic mass is 35.5. The molecule has 0 bridgehead atoms. The molecule has 1 aliphatic rings. The SMILES string of the molecule is Cc1sc(C2(C)OCCO2)nc1Cl. The number of thiazole rings is 1. The van der Waals surface area contributed by atoms with Crippen molar-refractivity contribution >= 4 is 22.9 Å². The molecule has 13 heavy (non-hydrogen) atoms. The van der Waals surface area contributed by atoms with Crippen LogP contribution < -0.4 is 0 Å². The van der Waals surface area contributed by atoms with Crippen molar-refractivity contribution in [3.8, 4) is 0 Å². The maximum atomic E-state index is 5.86. The lowest BCUT2D eigenvalue weighted by Crippen LogP contribution is -2.21. The molecule has 1 aliphatic heterocycles. The van der Waals surface area contributed by atoms with Gasteiger partial charge in [0.1, 0.15) is 5.15 Å². The van der Waals surface area contributed by atoms with Crippen LogP contribution in [-0.4, -0.2) is 18.2 Å². The Morgan fingerprint density at radius 1 is 1.46 bits per heavy atom. The fraction of sp³-hybridized carbons (Fsp3) is 0.625. The molecule has 0 amide bonds. The second-order valence-corrected chi connectivity index (χ2v) is 4.57. The van der Waals surface area contributed by atoms with Gasteiger partial charge < -0.3 is 9.47 Å². The number of aromatic nitrogens is 1. The molecule has 1 aromatic rings. The lowest BCUT2D eigenvalue weighted by molar-refractivity contribution is -0.149. The minimum Gasteiger partial charge on any atom is -0.342 e. The van der Waals surface area contributed by atoms with Crippen molar-refractivity contribution in [2.75, 3.05) is 13.2 Å². The van der Waals surface area contributed by atoms with Crippen LogP contribution in [0, 0.1) is 6.92 Å². The topological polar surface area (TPSA) is 31.4 Å². The summed E-state index contributed by atoms with van der Waals surface area (Å²) in [6.45, 7) is 5.04. The lowest BCUT2D eigenvalue weighted by atomic mass is 10.3. The van der Waals surface area contributed by atoms with Crippen molar-refractivity contribution in [1.82, 2.24) is 4.98 Å². The van der Waals surface area contributed by atoms with Gasteiger partial charge in [0, 0.05) is 4.88 Å². The van der Waals surface area contributed by atoms with Crippen LogP contribution in [0.2, 0.25) is 5.15 Å². The minimum atomic E-state index is -0.678. The van der Waals surface area contributed by atoms with Crippen LogP contribution in [0.1, 0.15) is 16.8 Å². The first-order valence-electron chi connectivity index (χ1n) is 4.03. The molecule has 5 heteroatoms. The Labute approximate surface area is 85.6 Å². The number of hydrogen-bond donors (Lipinski definition) is 0. The Kier molecular flexibility index (Phi) is 2.32. The van der Waals surface area contributed by atoms with E-state index in [0.29, 0.717) is 18.4 Å². The summed E-state index contributed by atoms with van der Waals surface area (Å²) in [4.78, 5) is 5.20. The smallest absolute Gasteiger partial charge is 0.219 e. The first-order valence-corrected chi connectivity index (χ1v) is 5.22. The molecule has 0 N–H and O–H groups in total. The first kappa shape index (κ1) is 9.40. The normalized spacial score (nSPS) is 20.8. The molecule has 1 aromatic heterocycles. The molecular weight excluding hydrogens is 210 g/mol. The maximum Gasteiger partial charge on any atom is 0.219 e. The Balaban J connectivity index is 2.34. The van der Waals surface area contributed by atoms with Crippen molar-refractivity contribution in [2.45, 2.75) is 19.6 Å². The lowest BCUT2D eigenvalue weighted by Gasteiger charge is -2.18. The average molecular weight is 220 g/mol.